The molecule has 7 nitrogen and oxygen atoms in total. The molecule has 0 spiro atoms. The van der Waals surface area contributed by atoms with Gasteiger partial charge in [0.05, 0.1) is 5.56 Å². The van der Waals surface area contributed by atoms with Crippen LogP contribution < -0.4 is 21.7 Å². The van der Waals surface area contributed by atoms with Gasteiger partial charge in [-0.05, 0) is 62.7 Å². The summed E-state index contributed by atoms with van der Waals surface area (Å²) in [6, 6.07) is 9.95. The summed E-state index contributed by atoms with van der Waals surface area (Å²) in [5.41, 5.74) is 5.32. The molecule has 180 valence electrons. The van der Waals surface area contributed by atoms with Crippen LogP contribution in [0.4, 0.5) is 34.1 Å². The minimum Gasteiger partial charge on any atom is -0.338 e. The van der Waals surface area contributed by atoms with Crippen LogP contribution in [0.2, 0.25) is 5.02 Å². The molecule has 5 N–H and O–H groups in total. The number of carbonyl (C=O) groups is 2. The van der Waals surface area contributed by atoms with Crippen molar-refractivity contribution in [2.24, 2.45) is 5.73 Å². The zero-order valence-corrected chi connectivity index (χ0v) is 19.1. The van der Waals surface area contributed by atoms with Crippen LogP contribution in [0, 0.1) is 0 Å². The van der Waals surface area contributed by atoms with Crippen LogP contribution in [0.3, 0.4) is 0 Å². The number of nitrogens with one attached hydrogen (secondary N) is 3. The molecule has 2 rings (SSSR count). The Hall–Kier alpha value is -2.98. The van der Waals surface area contributed by atoms with Crippen LogP contribution in [-0.4, -0.2) is 42.1 Å². The molecule has 0 saturated heterocycles. The molecule has 2 aromatic rings. The molecular weight excluding hydrogens is 459 g/mol. The average molecular weight is 486 g/mol. The molecule has 0 aliphatic heterocycles. The van der Waals surface area contributed by atoms with Gasteiger partial charge in [0.15, 0.2) is 0 Å². The Balaban J connectivity index is 1.88. The number of benzene rings is 2. The number of nitrogens with two attached hydrogens (primary N) is 1. The highest BCUT2D eigenvalue weighted by Gasteiger charge is 2.30. The van der Waals surface area contributed by atoms with Gasteiger partial charge >= 0.3 is 18.2 Å². The van der Waals surface area contributed by atoms with Gasteiger partial charge in [-0.3, -0.25) is 0 Å². The van der Waals surface area contributed by atoms with Gasteiger partial charge < -0.3 is 26.6 Å². The van der Waals surface area contributed by atoms with Crippen LogP contribution in [0.5, 0.6) is 0 Å². The smallest absolute Gasteiger partial charge is 0.338 e. The van der Waals surface area contributed by atoms with E-state index in [0.29, 0.717) is 17.1 Å². The highest BCUT2D eigenvalue weighted by atomic mass is 35.5. The minimum absolute atomic E-state index is 0.203. The predicted molar refractivity (Wildman–Crippen MR) is 123 cm³/mol. The first-order chi connectivity index (χ1) is 15.3. The third-order valence-electron chi connectivity index (χ3n) is 4.32. The standard InChI is InChI=1S/C22H27ClF3N5O2/c1-21(2,27)14-31(20(33)30-17-9-7-15(8-10-17)22(24,25)26)12-4-11-28-19(32)29-18-6-3-5-16(23)13-18/h3,5-10,13H,4,11-12,14,27H2,1-2H3,(H,30,33)(H2,28,29,32). The number of hydrogen-bond donors (Lipinski definition) is 4. The van der Waals surface area contributed by atoms with Gasteiger partial charge in [0.1, 0.15) is 0 Å². The Morgan fingerprint density at radius 2 is 1.70 bits per heavy atom. The molecule has 11 heteroatoms. The second-order valence-corrected chi connectivity index (χ2v) is 8.60. The largest absolute Gasteiger partial charge is 0.416 e. The zero-order valence-electron chi connectivity index (χ0n) is 18.3. The molecule has 0 heterocycles. The average Bonchev–Trinajstić information content (AvgIpc) is 2.69. The van der Waals surface area contributed by atoms with E-state index in [9.17, 15) is 22.8 Å². The molecule has 0 aliphatic rings. The van der Waals surface area contributed by atoms with Gasteiger partial charge in [0.2, 0.25) is 0 Å². The van der Waals surface area contributed by atoms with E-state index >= 15 is 0 Å². The van der Waals surface area contributed by atoms with E-state index in [4.69, 9.17) is 17.3 Å². The second kappa shape index (κ2) is 11.2. The van der Waals surface area contributed by atoms with Crippen molar-refractivity contribution < 1.29 is 22.8 Å². The molecule has 0 saturated carbocycles. The SMILES string of the molecule is CC(C)(N)CN(CCCNC(=O)Nc1cccc(Cl)c1)C(=O)Nc1ccc(C(F)(F)F)cc1. The van der Waals surface area contributed by atoms with Crippen LogP contribution in [0.1, 0.15) is 25.8 Å². The molecular formula is C22H27ClF3N5O2. The summed E-state index contributed by atoms with van der Waals surface area (Å²) in [5, 5.41) is 8.42. The van der Waals surface area contributed by atoms with E-state index in [1.54, 1.807) is 38.1 Å². The predicted octanol–water partition coefficient (Wildman–Crippen LogP) is 5.14. The summed E-state index contributed by atoms with van der Waals surface area (Å²) in [6.07, 6.45) is -4.02. The lowest BCUT2D eigenvalue weighted by Gasteiger charge is -2.30. The number of anilines is 2. The van der Waals surface area contributed by atoms with Crippen molar-refractivity contribution in [3.8, 4) is 0 Å². The van der Waals surface area contributed by atoms with Gasteiger partial charge in [-0.15, -0.1) is 0 Å². The monoisotopic (exact) mass is 485 g/mol. The van der Waals surface area contributed by atoms with Gasteiger partial charge in [-0.1, -0.05) is 17.7 Å². The van der Waals surface area contributed by atoms with Gasteiger partial charge in [0.25, 0.3) is 0 Å². The molecule has 0 aromatic heterocycles. The van der Waals surface area contributed by atoms with Crippen molar-refractivity contribution in [3.63, 3.8) is 0 Å². The van der Waals surface area contributed by atoms with Crippen molar-refractivity contribution in [2.75, 3.05) is 30.3 Å². The number of hydrogen-bond acceptors (Lipinski definition) is 3. The van der Waals surface area contributed by atoms with Crippen molar-refractivity contribution in [3.05, 3.63) is 59.1 Å². The maximum atomic E-state index is 12.7. The Bertz CT molecular complexity index is 946. The maximum absolute atomic E-state index is 12.7. The second-order valence-electron chi connectivity index (χ2n) is 8.16. The quantitative estimate of drug-likeness (QED) is 0.389. The normalized spacial score (nSPS) is 11.6. The van der Waals surface area contributed by atoms with Gasteiger partial charge in [-0.25, -0.2) is 9.59 Å². The molecule has 33 heavy (non-hydrogen) atoms. The van der Waals surface area contributed by atoms with Gasteiger partial charge in [0, 0.05) is 41.6 Å². The lowest BCUT2D eigenvalue weighted by molar-refractivity contribution is -0.137. The van der Waals surface area contributed by atoms with E-state index in [-0.39, 0.29) is 25.3 Å². The molecule has 0 radical (unpaired) electrons. The summed E-state index contributed by atoms with van der Waals surface area (Å²) in [6.45, 7) is 4.25. The molecule has 0 atom stereocenters. The van der Waals surface area contributed by atoms with Crippen LogP contribution in [-0.2, 0) is 6.18 Å². The summed E-state index contributed by atoms with van der Waals surface area (Å²) in [4.78, 5) is 26.2. The Morgan fingerprint density at radius 3 is 2.27 bits per heavy atom. The lowest BCUT2D eigenvalue weighted by atomic mass is 10.1. The maximum Gasteiger partial charge on any atom is 0.416 e. The van der Waals surface area contributed by atoms with Crippen LogP contribution in [0.25, 0.3) is 0 Å². The number of urea groups is 2. The summed E-state index contributed by atoms with van der Waals surface area (Å²) >= 11 is 5.88. The number of alkyl halides is 3. The fourth-order valence-corrected chi connectivity index (χ4v) is 3.09. The van der Waals surface area contributed by atoms with E-state index in [1.807, 2.05) is 0 Å². The van der Waals surface area contributed by atoms with Crippen LogP contribution >= 0.6 is 11.6 Å². The van der Waals surface area contributed by atoms with Crippen LogP contribution in [0.15, 0.2) is 48.5 Å². The summed E-state index contributed by atoms with van der Waals surface area (Å²) in [5.74, 6) is 0. The zero-order chi connectivity index (χ0) is 24.6. The summed E-state index contributed by atoms with van der Waals surface area (Å²) in [7, 11) is 0. The Labute approximate surface area is 195 Å². The topological polar surface area (TPSA) is 99.5 Å². The van der Waals surface area contributed by atoms with E-state index < -0.39 is 29.3 Å². The number of halogens is 4. The number of nitrogens with zero attached hydrogens (tertiary/aromatic N) is 1. The first kappa shape index (κ1) is 26.3. The minimum atomic E-state index is -4.45. The van der Waals surface area contributed by atoms with Gasteiger partial charge in [-0.2, -0.15) is 13.2 Å². The molecule has 2 aromatic carbocycles. The third-order valence-corrected chi connectivity index (χ3v) is 4.56. The third kappa shape index (κ3) is 9.58. The van der Waals surface area contributed by atoms with Crippen molar-refractivity contribution in [2.45, 2.75) is 32.0 Å². The highest BCUT2D eigenvalue weighted by Crippen LogP contribution is 2.29. The molecule has 4 amide bonds. The van der Waals surface area contributed by atoms with E-state index in [0.717, 1.165) is 12.1 Å². The first-order valence-electron chi connectivity index (χ1n) is 10.2. The number of rotatable bonds is 8. The van der Waals surface area contributed by atoms with E-state index in [2.05, 4.69) is 16.0 Å². The van der Waals surface area contributed by atoms with E-state index in [1.165, 1.54) is 17.0 Å². The Morgan fingerprint density at radius 1 is 1.03 bits per heavy atom. The number of carbonyl (C=O) groups excluding carboxylic acids is 2. The summed E-state index contributed by atoms with van der Waals surface area (Å²) < 4.78 is 38.1. The first-order valence-corrected chi connectivity index (χ1v) is 10.5. The van der Waals surface area contributed by atoms with Crippen molar-refractivity contribution in [1.82, 2.24) is 10.2 Å². The molecule has 0 bridgehead atoms. The lowest BCUT2D eigenvalue weighted by Crippen LogP contribution is -2.49. The highest BCUT2D eigenvalue weighted by molar-refractivity contribution is 6.30. The fourth-order valence-electron chi connectivity index (χ4n) is 2.90. The van der Waals surface area contributed by atoms with Crippen molar-refractivity contribution in [1.29, 1.82) is 0 Å². The fraction of sp³-hybridized carbons (Fsp3) is 0.364. The van der Waals surface area contributed by atoms with Crippen molar-refractivity contribution >= 4 is 35.0 Å². The number of amides is 4. The molecule has 0 aliphatic carbocycles. The molecule has 0 unspecified atom stereocenters. The Kier molecular flexibility index (Phi) is 8.95. The molecule has 0 fully saturated rings.